The van der Waals surface area contributed by atoms with Gasteiger partial charge in [0.15, 0.2) is 0 Å². The maximum atomic E-state index is 12.2. The quantitative estimate of drug-likeness (QED) is 0.839. The normalized spacial score (nSPS) is 11.1. The lowest BCUT2D eigenvalue weighted by atomic mass is 10.1. The second kappa shape index (κ2) is 6.39. The van der Waals surface area contributed by atoms with E-state index in [0.717, 1.165) is 10.0 Å². The van der Waals surface area contributed by atoms with Gasteiger partial charge in [-0.3, -0.25) is 9.59 Å². The summed E-state index contributed by atoms with van der Waals surface area (Å²) in [6.07, 6.45) is 0. The van der Waals surface area contributed by atoms with Gasteiger partial charge in [0.05, 0.1) is 0 Å². The Morgan fingerprint density at radius 1 is 1.30 bits per heavy atom. The third-order valence-electron chi connectivity index (χ3n) is 3.00. The van der Waals surface area contributed by atoms with E-state index in [1.807, 2.05) is 46.8 Å². The van der Waals surface area contributed by atoms with Crippen molar-refractivity contribution in [3.05, 3.63) is 28.2 Å². The molecular weight excluding hydrogens is 320 g/mol. The molecule has 0 atom stereocenters. The van der Waals surface area contributed by atoms with Crippen molar-refractivity contribution < 1.29 is 9.59 Å². The summed E-state index contributed by atoms with van der Waals surface area (Å²) in [6, 6.07) is 5.49. The van der Waals surface area contributed by atoms with E-state index >= 15 is 0 Å². The van der Waals surface area contributed by atoms with Gasteiger partial charge < -0.3 is 10.2 Å². The van der Waals surface area contributed by atoms with Crippen LogP contribution in [0.4, 0.5) is 5.69 Å². The zero-order valence-electron chi connectivity index (χ0n) is 12.6. The molecule has 1 N–H and O–H groups in total. The maximum Gasteiger partial charge on any atom is 0.313 e. The lowest BCUT2D eigenvalue weighted by Crippen LogP contribution is -2.49. The molecule has 5 heteroatoms. The number of hydrogen-bond donors (Lipinski definition) is 1. The molecule has 0 unspecified atom stereocenters. The fraction of sp³-hybridized carbons (Fsp3) is 0.467. The number of halogens is 1. The smallest absolute Gasteiger partial charge is 0.313 e. The average molecular weight is 341 g/mol. The van der Waals surface area contributed by atoms with Crippen molar-refractivity contribution in [1.29, 1.82) is 0 Å². The molecule has 1 aromatic carbocycles. The first kappa shape index (κ1) is 16.7. The van der Waals surface area contributed by atoms with Crippen LogP contribution < -0.4 is 5.32 Å². The minimum absolute atomic E-state index is 0.377. The fourth-order valence-corrected chi connectivity index (χ4v) is 2.46. The third kappa shape index (κ3) is 4.07. The van der Waals surface area contributed by atoms with Crippen molar-refractivity contribution in [2.75, 3.05) is 11.9 Å². The molecule has 0 fully saturated rings. The summed E-state index contributed by atoms with van der Waals surface area (Å²) in [5.74, 6) is -1.12. The van der Waals surface area contributed by atoms with Crippen LogP contribution in [-0.4, -0.2) is 28.8 Å². The van der Waals surface area contributed by atoms with Crippen LogP contribution in [0.5, 0.6) is 0 Å². The lowest BCUT2D eigenvalue weighted by Gasteiger charge is -2.34. The van der Waals surface area contributed by atoms with E-state index in [1.165, 1.54) is 0 Å². The number of aryl methyl sites for hydroxylation is 1. The van der Waals surface area contributed by atoms with Crippen LogP contribution in [0.15, 0.2) is 22.7 Å². The van der Waals surface area contributed by atoms with Gasteiger partial charge in [0, 0.05) is 22.2 Å². The van der Waals surface area contributed by atoms with Gasteiger partial charge in [0.1, 0.15) is 0 Å². The summed E-state index contributed by atoms with van der Waals surface area (Å²) in [6.45, 7) is 9.97. The third-order valence-corrected chi connectivity index (χ3v) is 3.50. The summed E-state index contributed by atoms with van der Waals surface area (Å²) in [7, 11) is 0. The molecule has 0 aromatic heterocycles. The number of rotatable bonds is 2. The number of amides is 2. The van der Waals surface area contributed by atoms with Crippen LogP contribution in [-0.2, 0) is 9.59 Å². The highest BCUT2D eigenvalue weighted by Crippen LogP contribution is 2.20. The molecule has 2 amide bonds. The van der Waals surface area contributed by atoms with Crippen LogP contribution in [0.2, 0.25) is 0 Å². The molecule has 20 heavy (non-hydrogen) atoms. The molecule has 0 bridgehead atoms. The average Bonchev–Trinajstić information content (AvgIpc) is 2.31. The van der Waals surface area contributed by atoms with Gasteiger partial charge in [-0.15, -0.1) is 0 Å². The fourth-order valence-electron chi connectivity index (χ4n) is 1.99. The number of nitrogens with one attached hydrogen (secondary N) is 1. The first-order chi connectivity index (χ1) is 9.16. The minimum atomic E-state index is -0.604. The number of nitrogens with zero attached hydrogens (tertiary/aromatic N) is 1. The summed E-state index contributed by atoms with van der Waals surface area (Å²) in [5, 5.41) is 2.67. The summed E-state index contributed by atoms with van der Waals surface area (Å²) in [4.78, 5) is 25.8. The van der Waals surface area contributed by atoms with E-state index in [1.54, 1.807) is 11.0 Å². The van der Waals surface area contributed by atoms with Gasteiger partial charge in [0.2, 0.25) is 0 Å². The van der Waals surface area contributed by atoms with Crippen LogP contribution in [0.3, 0.4) is 0 Å². The van der Waals surface area contributed by atoms with Crippen molar-refractivity contribution in [2.24, 2.45) is 0 Å². The largest absolute Gasteiger partial charge is 0.330 e. The Hall–Kier alpha value is -1.36. The van der Waals surface area contributed by atoms with Crippen LogP contribution in [0.1, 0.15) is 33.3 Å². The Bertz CT molecular complexity index is 521. The molecule has 0 radical (unpaired) electrons. The zero-order valence-corrected chi connectivity index (χ0v) is 14.2. The Kier molecular flexibility index (Phi) is 5.34. The van der Waals surface area contributed by atoms with Crippen molar-refractivity contribution in [3.63, 3.8) is 0 Å². The van der Waals surface area contributed by atoms with Crippen molar-refractivity contribution in [1.82, 2.24) is 4.90 Å². The van der Waals surface area contributed by atoms with E-state index in [4.69, 9.17) is 0 Å². The van der Waals surface area contributed by atoms with E-state index in [-0.39, 0.29) is 5.54 Å². The Morgan fingerprint density at radius 2 is 1.90 bits per heavy atom. The van der Waals surface area contributed by atoms with Crippen molar-refractivity contribution >= 4 is 33.4 Å². The molecule has 0 aliphatic carbocycles. The lowest BCUT2D eigenvalue weighted by molar-refractivity contribution is -0.146. The van der Waals surface area contributed by atoms with Gasteiger partial charge >= 0.3 is 11.8 Å². The van der Waals surface area contributed by atoms with Crippen molar-refractivity contribution in [2.45, 2.75) is 40.2 Å². The van der Waals surface area contributed by atoms with Crippen LogP contribution >= 0.6 is 15.9 Å². The number of likely N-dealkylation sites (N-methyl/N-ethyl adjacent to an activating group) is 1. The minimum Gasteiger partial charge on any atom is -0.330 e. The van der Waals surface area contributed by atoms with Crippen LogP contribution in [0, 0.1) is 6.92 Å². The number of carbonyl (C=O) groups excluding carboxylic acids is 2. The predicted octanol–water partition coefficient (Wildman–Crippen LogP) is 3.34. The first-order valence-electron chi connectivity index (χ1n) is 6.56. The van der Waals surface area contributed by atoms with E-state index in [9.17, 15) is 9.59 Å². The molecule has 1 rings (SSSR count). The van der Waals surface area contributed by atoms with Crippen molar-refractivity contribution in [3.8, 4) is 0 Å². The predicted molar refractivity (Wildman–Crippen MR) is 84.6 cm³/mol. The Morgan fingerprint density at radius 3 is 2.35 bits per heavy atom. The molecule has 0 aliphatic heterocycles. The standard InChI is InChI=1S/C15H21BrN2O2/c1-6-18(15(3,4)5)14(20)13(19)17-12-8-7-11(16)9-10(12)2/h7-9H,6H2,1-5H3,(H,17,19). The molecule has 0 aliphatic rings. The SMILES string of the molecule is CCN(C(=O)C(=O)Nc1ccc(Br)cc1C)C(C)(C)C. The van der Waals surface area contributed by atoms with Gasteiger partial charge in [0.25, 0.3) is 0 Å². The number of benzene rings is 1. The van der Waals surface area contributed by atoms with E-state index in [0.29, 0.717) is 12.2 Å². The second-order valence-electron chi connectivity index (χ2n) is 5.63. The van der Waals surface area contributed by atoms with E-state index in [2.05, 4.69) is 21.2 Å². The van der Waals surface area contributed by atoms with Gasteiger partial charge in [-0.05, 0) is 58.4 Å². The Labute approximate surface area is 128 Å². The summed E-state index contributed by atoms with van der Waals surface area (Å²) >= 11 is 3.36. The topological polar surface area (TPSA) is 49.4 Å². The summed E-state index contributed by atoms with van der Waals surface area (Å²) in [5.41, 5.74) is 1.17. The molecule has 0 saturated heterocycles. The summed E-state index contributed by atoms with van der Waals surface area (Å²) < 4.78 is 0.934. The van der Waals surface area contributed by atoms with E-state index < -0.39 is 11.8 Å². The monoisotopic (exact) mass is 340 g/mol. The highest BCUT2D eigenvalue weighted by molar-refractivity contribution is 9.10. The van der Waals surface area contributed by atoms with Gasteiger partial charge in [-0.25, -0.2) is 0 Å². The highest BCUT2D eigenvalue weighted by atomic mass is 79.9. The molecule has 1 aromatic rings. The molecule has 110 valence electrons. The number of carbonyl (C=O) groups is 2. The Balaban J connectivity index is 2.88. The second-order valence-corrected chi connectivity index (χ2v) is 6.55. The molecular formula is C15H21BrN2O2. The van der Waals surface area contributed by atoms with Gasteiger partial charge in [-0.2, -0.15) is 0 Å². The maximum absolute atomic E-state index is 12.2. The molecule has 4 nitrogen and oxygen atoms in total. The number of anilines is 1. The molecule has 0 saturated carbocycles. The number of hydrogen-bond acceptors (Lipinski definition) is 2. The highest BCUT2D eigenvalue weighted by Gasteiger charge is 2.29. The van der Waals surface area contributed by atoms with Crippen LogP contribution in [0.25, 0.3) is 0 Å². The molecule has 0 heterocycles. The zero-order chi connectivity index (χ0) is 15.5. The molecule has 0 spiro atoms. The van der Waals surface area contributed by atoms with Gasteiger partial charge in [-0.1, -0.05) is 15.9 Å². The first-order valence-corrected chi connectivity index (χ1v) is 7.35.